The average Bonchev–Trinajstić information content (AvgIpc) is 2.62. The van der Waals surface area contributed by atoms with Crippen LogP contribution in [0.25, 0.3) is 10.9 Å². The monoisotopic (exact) mass is 216 g/mol. The highest BCUT2D eigenvalue weighted by molar-refractivity contribution is 6.08. The number of ketones is 1. The molecule has 16 heavy (non-hydrogen) atoms. The van der Waals surface area contributed by atoms with E-state index < -0.39 is 0 Å². The first-order valence-corrected chi connectivity index (χ1v) is 5.45. The van der Waals surface area contributed by atoms with Crippen molar-refractivity contribution >= 4 is 16.7 Å². The van der Waals surface area contributed by atoms with Gasteiger partial charge in [0.05, 0.1) is 0 Å². The van der Waals surface area contributed by atoms with E-state index in [1.54, 1.807) is 6.20 Å². The second-order valence-electron chi connectivity index (χ2n) is 4.15. The third kappa shape index (κ3) is 1.74. The van der Waals surface area contributed by atoms with Crippen molar-refractivity contribution in [3.8, 4) is 0 Å². The zero-order valence-corrected chi connectivity index (χ0v) is 9.63. The first-order valence-electron chi connectivity index (χ1n) is 5.45. The van der Waals surface area contributed by atoms with Gasteiger partial charge in [-0.05, 0) is 43.7 Å². The minimum Gasteiger partial charge on any atom is -0.360 e. The van der Waals surface area contributed by atoms with Crippen LogP contribution in [0.3, 0.4) is 0 Å². The lowest BCUT2D eigenvalue weighted by Crippen LogP contribution is -2.07. The number of hydrogen-bond donors (Lipinski definition) is 2. The Balaban J connectivity index is 2.56. The Labute approximate surface area is 94.6 Å². The second kappa shape index (κ2) is 4.10. The van der Waals surface area contributed by atoms with E-state index in [9.17, 15) is 4.79 Å². The van der Waals surface area contributed by atoms with E-state index in [0.29, 0.717) is 13.0 Å². The van der Waals surface area contributed by atoms with Gasteiger partial charge in [0, 0.05) is 29.1 Å². The fraction of sp³-hybridized carbons (Fsp3) is 0.308. The van der Waals surface area contributed by atoms with Gasteiger partial charge in [-0.1, -0.05) is 0 Å². The number of carbonyl (C=O) groups excluding carboxylic acids is 1. The summed E-state index contributed by atoms with van der Waals surface area (Å²) in [6.07, 6.45) is 2.18. The number of aromatic amines is 1. The van der Waals surface area contributed by atoms with E-state index >= 15 is 0 Å². The van der Waals surface area contributed by atoms with Crippen molar-refractivity contribution in [2.45, 2.75) is 20.3 Å². The molecule has 3 heteroatoms. The fourth-order valence-corrected chi connectivity index (χ4v) is 1.88. The molecule has 1 heterocycles. The average molecular weight is 216 g/mol. The molecule has 3 nitrogen and oxygen atoms in total. The van der Waals surface area contributed by atoms with Crippen LogP contribution >= 0.6 is 0 Å². The molecule has 2 rings (SSSR count). The number of hydrogen-bond acceptors (Lipinski definition) is 2. The van der Waals surface area contributed by atoms with Crippen molar-refractivity contribution in [3.63, 3.8) is 0 Å². The highest BCUT2D eigenvalue weighted by Gasteiger charge is 2.11. The summed E-state index contributed by atoms with van der Waals surface area (Å²) >= 11 is 0. The van der Waals surface area contributed by atoms with E-state index in [1.807, 2.05) is 0 Å². The van der Waals surface area contributed by atoms with E-state index in [-0.39, 0.29) is 5.78 Å². The summed E-state index contributed by atoms with van der Waals surface area (Å²) in [6.45, 7) is 4.52. The van der Waals surface area contributed by atoms with Gasteiger partial charge < -0.3 is 10.7 Å². The number of nitrogens with two attached hydrogens (primary N) is 1. The van der Waals surface area contributed by atoms with Gasteiger partial charge in [0.2, 0.25) is 0 Å². The van der Waals surface area contributed by atoms with Gasteiger partial charge in [-0.2, -0.15) is 0 Å². The van der Waals surface area contributed by atoms with Crippen LogP contribution in [0, 0.1) is 13.8 Å². The van der Waals surface area contributed by atoms with Gasteiger partial charge in [-0.3, -0.25) is 4.79 Å². The minimum absolute atomic E-state index is 0.108. The molecule has 0 amide bonds. The van der Waals surface area contributed by atoms with Crippen LogP contribution in [-0.2, 0) is 0 Å². The summed E-state index contributed by atoms with van der Waals surface area (Å²) in [4.78, 5) is 14.9. The number of fused-ring (bicyclic) bond motifs is 1. The fourth-order valence-electron chi connectivity index (χ4n) is 1.88. The van der Waals surface area contributed by atoms with Crippen molar-refractivity contribution in [1.29, 1.82) is 0 Å². The largest absolute Gasteiger partial charge is 0.360 e. The summed E-state index contributed by atoms with van der Waals surface area (Å²) in [5.41, 5.74) is 9.60. The lowest BCUT2D eigenvalue weighted by atomic mass is 10.0. The second-order valence-corrected chi connectivity index (χ2v) is 4.15. The number of H-pyrrole nitrogens is 1. The van der Waals surface area contributed by atoms with E-state index in [1.165, 1.54) is 11.1 Å². The Kier molecular flexibility index (Phi) is 2.79. The van der Waals surface area contributed by atoms with Crippen LogP contribution in [0.1, 0.15) is 27.9 Å². The van der Waals surface area contributed by atoms with Crippen LogP contribution in [0.5, 0.6) is 0 Å². The molecule has 0 aliphatic carbocycles. The minimum atomic E-state index is 0.108. The van der Waals surface area contributed by atoms with Crippen LogP contribution in [0.15, 0.2) is 18.3 Å². The van der Waals surface area contributed by atoms with E-state index in [0.717, 1.165) is 16.5 Å². The molecule has 0 unspecified atom stereocenters. The number of aromatic nitrogens is 1. The molecule has 1 aromatic heterocycles. The molecule has 3 N–H and O–H groups in total. The first-order chi connectivity index (χ1) is 7.63. The summed E-state index contributed by atoms with van der Waals surface area (Å²) < 4.78 is 0. The summed E-state index contributed by atoms with van der Waals surface area (Å²) in [5.74, 6) is 0.108. The number of carbonyl (C=O) groups is 1. The maximum Gasteiger partial charge on any atom is 0.166 e. The molecule has 0 fully saturated rings. The highest BCUT2D eigenvalue weighted by atomic mass is 16.1. The van der Waals surface area contributed by atoms with Gasteiger partial charge in [-0.15, -0.1) is 0 Å². The molecule has 0 spiro atoms. The number of nitrogens with one attached hydrogen (secondary N) is 1. The zero-order valence-electron chi connectivity index (χ0n) is 9.63. The lowest BCUT2D eigenvalue weighted by molar-refractivity contribution is 0.0987. The van der Waals surface area contributed by atoms with Crippen molar-refractivity contribution in [1.82, 2.24) is 4.98 Å². The number of benzene rings is 1. The van der Waals surface area contributed by atoms with E-state index in [4.69, 9.17) is 5.73 Å². The molecular weight excluding hydrogens is 200 g/mol. The molecular formula is C13H16N2O. The number of Topliss-reactive ketones (excluding diaryl/α,β-unsaturated/α-hetero) is 1. The van der Waals surface area contributed by atoms with Crippen LogP contribution < -0.4 is 5.73 Å². The summed E-state index contributed by atoms with van der Waals surface area (Å²) in [7, 11) is 0. The normalized spacial score (nSPS) is 10.9. The molecule has 0 saturated carbocycles. The van der Waals surface area contributed by atoms with Gasteiger partial charge in [-0.25, -0.2) is 0 Å². The highest BCUT2D eigenvalue weighted by Crippen LogP contribution is 2.23. The van der Waals surface area contributed by atoms with Crippen LogP contribution in [-0.4, -0.2) is 17.3 Å². The van der Waals surface area contributed by atoms with Crippen molar-refractivity contribution < 1.29 is 4.79 Å². The Bertz CT molecular complexity index is 540. The Morgan fingerprint density at radius 1 is 1.31 bits per heavy atom. The lowest BCUT2D eigenvalue weighted by Gasteiger charge is -2.01. The van der Waals surface area contributed by atoms with Gasteiger partial charge in [0.25, 0.3) is 0 Å². The molecule has 2 aromatic rings. The molecule has 1 aromatic carbocycles. The molecule has 84 valence electrons. The molecule has 0 radical (unpaired) electrons. The number of aryl methyl sites for hydroxylation is 2. The predicted molar refractivity (Wildman–Crippen MR) is 65.8 cm³/mol. The summed E-state index contributed by atoms with van der Waals surface area (Å²) in [5, 5.41) is 1.00. The quantitative estimate of drug-likeness (QED) is 0.773. The zero-order chi connectivity index (χ0) is 11.7. The van der Waals surface area contributed by atoms with Crippen molar-refractivity contribution in [2.24, 2.45) is 5.73 Å². The Morgan fingerprint density at radius 2 is 2.00 bits per heavy atom. The smallest absolute Gasteiger partial charge is 0.166 e. The molecule has 0 bridgehead atoms. The van der Waals surface area contributed by atoms with Gasteiger partial charge in [0.15, 0.2) is 5.78 Å². The van der Waals surface area contributed by atoms with E-state index in [2.05, 4.69) is 31.0 Å². The Hall–Kier alpha value is -1.61. The standard InChI is InChI=1S/C13H16N2O/c1-8-5-10-11(13(16)3-4-14)7-15-12(10)6-9(8)2/h5-7,15H,3-4,14H2,1-2H3. The van der Waals surface area contributed by atoms with Crippen LogP contribution in [0.4, 0.5) is 0 Å². The van der Waals surface area contributed by atoms with Crippen molar-refractivity contribution in [2.75, 3.05) is 6.54 Å². The van der Waals surface area contributed by atoms with Gasteiger partial charge >= 0.3 is 0 Å². The predicted octanol–water partition coefficient (Wildman–Crippen LogP) is 2.32. The molecule has 0 saturated heterocycles. The summed E-state index contributed by atoms with van der Waals surface area (Å²) in [6, 6.07) is 4.13. The third-order valence-electron chi connectivity index (χ3n) is 2.97. The third-order valence-corrected chi connectivity index (χ3v) is 2.97. The maximum absolute atomic E-state index is 11.8. The van der Waals surface area contributed by atoms with Crippen LogP contribution in [0.2, 0.25) is 0 Å². The SMILES string of the molecule is Cc1cc2[nH]cc(C(=O)CCN)c2cc1C. The molecule has 0 aliphatic rings. The maximum atomic E-state index is 11.8. The topological polar surface area (TPSA) is 58.9 Å². The number of rotatable bonds is 3. The Morgan fingerprint density at radius 3 is 2.69 bits per heavy atom. The first kappa shape index (κ1) is 10.9. The van der Waals surface area contributed by atoms with Crippen molar-refractivity contribution in [3.05, 3.63) is 35.0 Å². The molecule has 0 aliphatic heterocycles. The van der Waals surface area contributed by atoms with Gasteiger partial charge in [0.1, 0.15) is 0 Å². The molecule has 0 atom stereocenters.